The Morgan fingerprint density at radius 1 is 0.425 bits per heavy atom. The van der Waals surface area contributed by atoms with E-state index in [1.165, 1.54) is 11.1 Å². The van der Waals surface area contributed by atoms with Gasteiger partial charge in [0.1, 0.15) is 11.3 Å². The molecule has 0 unspecified atom stereocenters. The van der Waals surface area contributed by atoms with E-state index in [4.69, 9.17) is 5.79 Å². The van der Waals surface area contributed by atoms with Crippen LogP contribution < -0.4 is 4.90 Å². The highest BCUT2D eigenvalue weighted by Crippen LogP contribution is 2.39. The van der Waals surface area contributed by atoms with Crippen molar-refractivity contribution in [3.63, 3.8) is 0 Å². The van der Waals surface area contributed by atoms with Crippen LogP contribution in [0.15, 0.2) is 168 Å². The molecule has 0 amide bonds. The predicted octanol–water partition coefficient (Wildman–Crippen LogP) is 10.9. The Balaban J connectivity index is 1.30. The second kappa shape index (κ2) is 10.4. The third-order valence-electron chi connectivity index (χ3n) is 7.22. The molecule has 0 N–H and O–H groups in total. The zero-order valence-electron chi connectivity index (χ0n) is 22.9. The van der Waals surface area contributed by atoms with E-state index in [2.05, 4.69) is 114 Å². The summed E-state index contributed by atoms with van der Waals surface area (Å²) in [4.78, 5) is 2.28. The molecular weight excluding hydrogens is 486 g/mol. The van der Waals surface area contributed by atoms with Crippen LogP contribution in [0.2, 0.25) is 0 Å². The van der Waals surface area contributed by atoms with Crippen molar-refractivity contribution in [3.05, 3.63) is 164 Å². The summed E-state index contributed by atoms with van der Waals surface area (Å²) < 4.78 is 14.0. The minimum atomic E-state index is 0.514. The molecule has 0 radical (unpaired) electrons. The number of fused-ring (bicyclic) bond motifs is 1. The minimum absolute atomic E-state index is 0.514. The van der Waals surface area contributed by atoms with Crippen molar-refractivity contribution < 1.29 is 5.79 Å². The molecule has 0 spiro atoms. The summed E-state index contributed by atoms with van der Waals surface area (Å²) in [5, 5.41) is 1.09. The van der Waals surface area contributed by atoms with Gasteiger partial charge in [-0.3, -0.25) is 0 Å². The predicted molar refractivity (Wildman–Crippen MR) is 167 cm³/mol. The molecule has 2 heteroatoms. The van der Waals surface area contributed by atoms with Gasteiger partial charge < -0.3 is 9.32 Å². The Morgan fingerprint density at radius 2 is 0.975 bits per heavy atom. The zero-order valence-corrected chi connectivity index (χ0v) is 21.9. The molecule has 6 aromatic carbocycles. The van der Waals surface area contributed by atoms with Crippen LogP contribution in [0.5, 0.6) is 0 Å². The van der Waals surface area contributed by atoms with Gasteiger partial charge in [-0.05, 0) is 70.8 Å². The average molecular weight is 515 g/mol. The van der Waals surface area contributed by atoms with Crippen LogP contribution in [0.1, 0.15) is 1.37 Å². The number of para-hydroxylation sites is 1. The normalized spacial score (nSPS) is 11.3. The largest absolute Gasteiger partial charge is 0.456 e. The van der Waals surface area contributed by atoms with Crippen molar-refractivity contribution in [1.29, 1.82) is 0 Å². The summed E-state index contributed by atoms with van der Waals surface area (Å²) in [6.07, 6.45) is 0. The summed E-state index contributed by atoms with van der Waals surface area (Å²) in [5.41, 5.74) is 9.66. The molecular formula is C38H27NO. The Labute approximate surface area is 235 Å². The van der Waals surface area contributed by atoms with Crippen molar-refractivity contribution in [2.75, 3.05) is 4.90 Å². The Hall–Kier alpha value is -5.34. The van der Waals surface area contributed by atoms with E-state index in [0.29, 0.717) is 6.04 Å². The lowest BCUT2D eigenvalue weighted by atomic mass is 10.0. The minimum Gasteiger partial charge on any atom is -0.456 e. The first-order valence-electron chi connectivity index (χ1n) is 13.9. The number of hydrogen-bond donors (Lipinski definition) is 0. The van der Waals surface area contributed by atoms with Crippen molar-refractivity contribution in [1.82, 2.24) is 0 Å². The fraction of sp³-hybridized carbons (Fsp3) is 0. The van der Waals surface area contributed by atoms with Crippen LogP contribution in [-0.4, -0.2) is 0 Å². The van der Waals surface area contributed by atoms with Crippen molar-refractivity contribution >= 4 is 28.0 Å². The molecule has 190 valence electrons. The van der Waals surface area contributed by atoms with Crippen molar-refractivity contribution in [3.8, 4) is 33.6 Å². The highest BCUT2D eigenvalue weighted by atomic mass is 16.3. The number of nitrogens with zero attached hydrogens (tertiary/aromatic N) is 1. The van der Waals surface area contributed by atoms with E-state index in [0.717, 1.165) is 50.5 Å². The maximum Gasteiger partial charge on any atom is 0.135 e. The first-order valence-corrected chi connectivity index (χ1v) is 13.4. The molecule has 2 nitrogen and oxygen atoms in total. The van der Waals surface area contributed by atoms with Gasteiger partial charge in [0, 0.05) is 28.0 Å². The Morgan fingerprint density at radius 3 is 1.62 bits per heavy atom. The van der Waals surface area contributed by atoms with Crippen molar-refractivity contribution in [2.24, 2.45) is 0 Å². The molecule has 7 rings (SSSR count). The molecule has 1 heterocycles. The van der Waals surface area contributed by atoms with Crippen LogP contribution >= 0.6 is 0 Å². The van der Waals surface area contributed by atoms with E-state index in [1.54, 1.807) is 0 Å². The zero-order chi connectivity index (χ0) is 27.6. The molecule has 0 aliphatic carbocycles. The van der Waals surface area contributed by atoms with Crippen LogP contribution in [0.25, 0.3) is 44.5 Å². The second-order valence-electron chi connectivity index (χ2n) is 9.78. The summed E-state index contributed by atoms with van der Waals surface area (Å²) >= 11 is 0. The van der Waals surface area contributed by atoms with Gasteiger partial charge in [-0.1, -0.05) is 115 Å². The number of anilines is 3. The highest BCUT2D eigenvalue weighted by Gasteiger charge is 2.15. The molecule has 0 bridgehead atoms. The van der Waals surface area contributed by atoms with Crippen LogP contribution in [0, 0.1) is 0 Å². The molecule has 0 atom stereocenters. The number of rotatable bonds is 6. The standard InChI is InChI=1S/C38H27NO/c1-3-10-28(11-4-1)30-18-22-34(23-19-30)39(35-24-20-31(21-25-35)29-12-5-2-6-13-29)36-16-9-15-32(26-36)38-27-33-14-7-8-17-37(33)40-38/h1-27H/i1D. The van der Waals surface area contributed by atoms with E-state index in [9.17, 15) is 0 Å². The summed E-state index contributed by atoms with van der Waals surface area (Å²) in [5.74, 6) is 0.848. The molecule has 0 aliphatic rings. The van der Waals surface area contributed by atoms with Gasteiger partial charge in [-0.2, -0.15) is 0 Å². The van der Waals surface area contributed by atoms with Gasteiger partial charge in [0.15, 0.2) is 0 Å². The Kier molecular flexibility index (Phi) is 5.90. The summed E-state index contributed by atoms with van der Waals surface area (Å²) in [7, 11) is 0. The van der Waals surface area contributed by atoms with Gasteiger partial charge in [0.05, 0.1) is 1.37 Å². The monoisotopic (exact) mass is 514 g/mol. The molecule has 0 saturated carbocycles. The van der Waals surface area contributed by atoms with Crippen molar-refractivity contribution in [2.45, 2.75) is 0 Å². The maximum absolute atomic E-state index is 7.80. The fourth-order valence-electron chi connectivity index (χ4n) is 5.19. The third-order valence-corrected chi connectivity index (χ3v) is 7.22. The topological polar surface area (TPSA) is 16.4 Å². The lowest BCUT2D eigenvalue weighted by molar-refractivity contribution is 0.631. The van der Waals surface area contributed by atoms with Gasteiger partial charge in [0.2, 0.25) is 0 Å². The first-order chi connectivity index (χ1) is 20.2. The molecule has 0 saturated heterocycles. The first kappa shape index (κ1) is 22.6. The van der Waals surface area contributed by atoms with Crippen LogP contribution in [0.3, 0.4) is 0 Å². The van der Waals surface area contributed by atoms with Crippen LogP contribution in [-0.2, 0) is 0 Å². The smallest absolute Gasteiger partial charge is 0.135 e. The van der Waals surface area contributed by atoms with Gasteiger partial charge in [-0.25, -0.2) is 0 Å². The Bertz CT molecular complexity index is 1890. The van der Waals surface area contributed by atoms with E-state index < -0.39 is 0 Å². The highest BCUT2D eigenvalue weighted by molar-refractivity contribution is 5.85. The fourth-order valence-corrected chi connectivity index (χ4v) is 5.19. The van der Waals surface area contributed by atoms with E-state index in [-0.39, 0.29) is 0 Å². The lowest BCUT2D eigenvalue weighted by Crippen LogP contribution is -2.10. The number of furan rings is 1. The van der Waals surface area contributed by atoms with E-state index >= 15 is 0 Å². The number of benzene rings is 6. The van der Waals surface area contributed by atoms with Gasteiger partial charge >= 0.3 is 0 Å². The quantitative estimate of drug-likeness (QED) is 0.219. The molecule has 7 aromatic rings. The van der Waals surface area contributed by atoms with Gasteiger partial charge in [0.25, 0.3) is 0 Å². The summed E-state index contributed by atoms with van der Waals surface area (Å²) in [6.45, 7) is 0. The summed E-state index contributed by atoms with van der Waals surface area (Å²) in [6, 6.07) is 54.6. The van der Waals surface area contributed by atoms with Gasteiger partial charge in [-0.15, -0.1) is 0 Å². The molecule has 0 fully saturated rings. The maximum atomic E-state index is 7.80. The average Bonchev–Trinajstić information content (AvgIpc) is 3.48. The lowest BCUT2D eigenvalue weighted by Gasteiger charge is -2.26. The second-order valence-corrected chi connectivity index (χ2v) is 9.78. The molecule has 1 aromatic heterocycles. The third kappa shape index (κ3) is 4.68. The number of hydrogen-bond acceptors (Lipinski definition) is 2. The van der Waals surface area contributed by atoms with E-state index in [1.807, 2.05) is 48.5 Å². The SMILES string of the molecule is [2H]c1ccc(-c2ccc(N(c3ccc(-c4ccccc4)cc3)c3cccc(-c4cc5ccccc5o4)c3)cc2)cc1. The molecule has 0 aliphatic heterocycles. The molecule has 40 heavy (non-hydrogen) atoms. The van der Waals surface area contributed by atoms with Crippen LogP contribution in [0.4, 0.5) is 17.1 Å².